The molecule has 0 unspecified atom stereocenters. The summed E-state index contributed by atoms with van der Waals surface area (Å²) >= 11 is 5.90. The first-order valence-electron chi connectivity index (χ1n) is 4.38. The second kappa shape index (κ2) is 4.19. The molecule has 1 heterocycles. The topological polar surface area (TPSA) is 97.6 Å². The van der Waals surface area contributed by atoms with Gasteiger partial charge in [0.2, 0.25) is 5.82 Å². The number of benzene rings is 1. The fourth-order valence-corrected chi connectivity index (χ4v) is 1.56. The third-order valence-corrected chi connectivity index (χ3v) is 2.35. The van der Waals surface area contributed by atoms with Gasteiger partial charge in [-0.05, 0) is 6.07 Å². The number of hydrogen-bond acceptors (Lipinski definition) is 5. The smallest absolute Gasteiger partial charge is 0.271 e. The number of nitro groups is 1. The molecule has 7 nitrogen and oxygen atoms in total. The van der Waals surface area contributed by atoms with Crippen LogP contribution in [-0.4, -0.2) is 19.7 Å². The molecule has 1 aromatic heterocycles. The lowest BCUT2D eigenvalue weighted by Gasteiger charge is -2.04. The van der Waals surface area contributed by atoms with Crippen molar-refractivity contribution in [2.24, 2.45) is 0 Å². The molecule has 8 heteroatoms. The van der Waals surface area contributed by atoms with Crippen LogP contribution in [0.5, 0.6) is 0 Å². The van der Waals surface area contributed by atoms with Gasteiger partial charge < -0.3 is 0 Å². The molecular formula is C9H4ClN5O2. The van der Waals surface area contributed by atoms with E-state index >= 15 is 0 Å². The summed E-state index contributed by atoms with van der Waals surface area (Å²) in [7, 11) is 0. The van der Waals surface area contributed by atoms with Gasteiger partial charge in [0.05, 0.1) is 15.6 Å². The van der Waals surface area contributed by atoms with Crippen molar-refractivity contribution in [3.63, 3.8) is 0 Å². The zero-order chi connectivity index (χ0) is 12.4. The van der Waals surface area contributed by atoms with Gasteiger partial charge in [0.25, 0.3) is 5.69 Å². The fraction of sp³-hybridized carbons (Fsp3) is 0. The summed E-state index contributed by atoms with van der Waals surface area (Å²) in [6.45, 7) is 0. The highest BCUT2D eigenvalue weighted by atomic mass is 35.5. The second-order valence-corrected chi connectivity index (χ2v) is 3.44. The van der Waals surface area contributed by atoms with Gasteiger partial charge in [-0.2, -0.15) is 5.26 Å². The molecular weight excluding hydrogens is 246 g/mol. The van der Waals surface area contributed by atoms with E-state index in [0.717, 1.165) is 0 Å². The molecule has 84 valence electrons. The van der Waals surface area contributed by atoms with Gasteiger partial charge in [-0.3, -0.25) is 14.7 Å². The molecule has 0 aliphatic carbocycles. The maximum absolute atomic E-state index is 10.5. The normalized spacial score (nSPS) is 9.88. The van der Waals surface area contributed by atoms with Crippen molar-refractivity contribution in [3.8, 4) is 11.8 Å². The van der Waals surface area contributed by atoms with Crippen LogP contribution in [0.2, 0.25) is 5.02 Å². The highest BCUT2D eigenvalue weighted by Crippen LogP contribution is 2.25. The Labute approximate surface area is 100 Å². The third-order valence-electron chi connectivity index (χ3n) is 2.05. The Bertz CT molecular complexity index is 631. The molecule has 0 fully saturated rings. The van der Waals surface area contributed by atoms with Crippen LogP contribution in [0.3, 0.4) is 0 Å². The van der Waals surface area contributed by atoms with E-state index in [2.05, 4.69) is 10.2 Å². The van der Waals surface area contributed by atoms with E-state index in [1.165, 1.54) is 29.1 Å². The van der Waals surface area contributed by atoms with Crippen LogP contribution in [0.25, 0.3) is 5.69 Å². The average Bonchev–Trinajstić information content (AvgIpc) is 2.76. The highest BCUT2D eigenvalue weighted by molar-refractivity contribution is 6.32. The quantitative estimate of drug-likeness (QED) is 0.596. The van der Waals surface area contributed by atoms with Crippen molar-refractivity contribution in [1.29, 1.82) is 5.26 Å². The summed E-state index contributed by atoms with van der Waals surface area (Å²) in [5.74, 6) is 0.0563. The van der Waals surface area contributed by atoms with Gasteiger partial charge in [-0.1, -0.05) is 11.6 Å². The number of halogens is 1. The van der Waals surface area contributed by atoms with Gasteiger partial charge in [0.1, 0.15) is 12.4 Å². The number of nitro benzene ring substituents is 1. The lowest BCUT2D eigenvalue weighted by molar-refractivity contribution is -0.384. The summed E-state index contributed by atoms with van der Waals surface area (Å²) in [4.78, 5) is 9.99. The minimum atomic E-state index is -0.549. The summed E-state index contributed by atoms with van der Waals surface area (Å²) in [6.07, 6.45) is 1.31. The number of nitrogens with zero attached hydrogens (tertiary/aromatic N) is 5. The van der Waals surface area contributed by atoms with Crippen molar-refractivity contribution in [1.82, 2.24) is 14.8 Å². The van der Waals surface area contributed by atoms with Crippen molar-refractivity contribution in [2.45, 2.75) is 0 Å². The van der Waals surface area contributed by atoms with Gasteiger partial charge in [-0.25, -0.2) is 0 Å². The first-order valence-corrected chi connectivity index (χ1v) is 4.75. The Morgan fingerprint density at radius 3 is 2.88 bits per heavy atom. The van der Waals surface area contributed by atoms with Crippen LogP contribution < -0.4 is 0 Å². The van der Waals surface area contributed by atoms with E-state index in [1.807, 2.05) is 6.07 Å². The van der Waals surface area contributed by atoms with Crippen LogP contribution in [0.15, 0.2) is 24.5 Å². The molecule has 0 aliphatic rings. The minimum Gasteiger partial charge on any atom is -0.272 e. The second-order valence-electron chi connectivity index (χ2n) is 3.03. The van der Waals surface area contributed by atoms with E-state index in [1.54, 1.807) is 0 Å². The van der Waals surface area contributed by atoms with Gasteiger partial charge in [0.15, 0.2) is 0 Å². The van der Waals surface area contributed by atoms with Crippen LogP contribution in [0.4, 0.5) is 5.69 Å². The van der Waals surface area contributed by atoms with E-state index < -0.39 is 4.92 Å². The van der Waals surface area contributed by atoms with Crippen molar-refractivity contribution >= 4 is 17.3 Å². The molecule has 1 aromatic carbocycles. The Morgan fingerprint density at radius 2 is 2.29 bits per heavy atom. The van der Waals surface area contributed by atoms with Crippen LogP contribution in [0.1, 0.15) is 5.82 Å². The lowest BCUT2D eigenvalue weighted by Crippen LogP contribution is -1.98. The van der Waals surface area contributed by atoms with Crippen molar-refractivity contribution in [2.75, 3.05) is 0 Å². The van der Waals surface area contributed by atoms with Crippen molar-refractivity contribution < 1.29 is 4.92 Å². The van der Waals surface area contributed by atoms with Gasteiger partial charge in [0, 0.05) is 12.1 Å². The van der Waals surface area contributed by atoms with E-state index in [-0.39, 0.29) is 16.5 Å². The average molecular weight is 250 g/mol. The van der Waals surface area contributed by atoms with Gasteiger partial charge in [-0.15, -0.1) is 10.2 Å². The summed E-state index contributed by atoms with van der Waals surface area (Å²) in [5.41, 5.74) is 0.296. The van der Waals surface area contributed by atoms with Crippen molar-refractivity contribution in [3.05, 3.63) is 45.5 Å². The molecule has 2 aromatic rings. The predicted octanol–water partition coefficient (Wildman–Crippen LogP) is 1.70. The monoisotopic (exact) mass is 249 g/mol. The molecule has 0 aliphatic heterocycles. The number of rotatable bonds is 2. The highest BCUT2D eigenvalue weighted by Gasteiger charge is 2.13. The molecule has 0 saturated carbocycles. The predicted molar refractivity (Wildman–Crippen MR) is 57.7 cm³/mol. The standard InChI is InChI=1S/C9H4ClN5O2/c10-7-3-6(15(16)17)1-2-8(7)14-5-12-13-9(14)4-11/h1-3,5H. The molecule has 2 rings (SSSR count). The number of aromatic nitrogens is 3. The maximum Gasteiger partial charge on any atom is 0.271 e. The van der Waals surface area contributed by atoms with E-state index in [4.69, 9.17) is 16.9 Å². The minimum absolute atomic E-state index is 0.0563. The Morgan fingerprint density at radius 1 is 1.53 bits per heavy atom. The van der Waals surface area contributed by atoms with E-state index in [0.29, 0.717) is 5.69 Å². The molecule has 0 radical (unpaired) electrons. The lowest BCUT2D eigenvalue weighted by atomic mass is 10.3. The molecule has 17 heavy (non-hydrogen) atoms. The zero-order valence-corrected chi connectivity index (χ0v) is 9.00. The SMILES string of the molecule is N#Cc1nncn1-c1ccc([N+](=O)[O-])cc1Cl. The summed E-state index contributed by atoms with van der Waals surface area (Å²) in [6, 6.07) is 5.77. The zero-order valence-electron chi connectivity index (χ0n) is 8.24. The first kappa shape index (κ1) is 11.0. The third kappa shape index (κ3) is 1.93. The number of nitriles is 1. The van der Waals surface area contributed by atoms with Gasteiger partial charge >= 0.3 is 0 Å². The maximum atomic E-state index is 10.5. The number of hydrogen-bond donors (Lipinski definition) is 0. The van der Waals surface area contributed by atoms with Crippen LogP contribution >= 0.6 is 11.6 Å². The summed E-state index contributed by atoms with van der Waals surface area (Å²) in [5, 5.41) is 26.6. The van der Waals surface area contributed by atoms with Crippen LogP contribution in [-0.2, 0) is 0 Å². The fourth-order valence-electron chi connectivity index (χ4n) is 1.29. The molecule has 0 amide bonds. The number of non-ortho nitro benzene ring substituents is 1. The Balaban J connectivity index is 2.55. The molecule has 0 N–H and O–H groups in total. The summed E-state index contributed by atoms with van der Waals surface area (Å²) < 4.78 is 1.35. The molecule has 0 bridgehead atoms. The molecule has 0 spiro atoms. The first-order chi connectivity index (χ1) is 8.13. The Hall–Kier alpha value is -2.46. The Kier molecular flexibility index (Phi) is 2.72. The van der Waals surface area contributed by atoms with Crippen LogP contribution in [0, 0.1) is 21.4 Å². The largest absolute Gasteiger partial charge is 0.272 e. The molecule has 0 atom stereocenters. The van der Waals surface area contributed by atoms with E-state index in [9.17, 15) is 10.1 Å². The molecule has 0 saturated heterocycles.